The Morgan fingerprint density at radius 1 is 0.180 bits per heavy atom. The van der Waals surface area contributed by atoms with Gasteiger partial charge in [-0.2, -0.15) is 0 Å². The number of rotatable bonds is 6. The lowest BCUT2D eigenvalue weighted by Crippen LogP contribution is -1.90. The topological polar surface area (TPSA) is 0 Å². The van der Waals surface area contributed by atoms with Crippen LogP contribution in [0.5, 0.6) is 0 Å². The van der Waals surface area contributed by atoms with Crippen molar-refractivity contribution in [3.8, 4) is 77.9 Å². The summed E-state index contributed by atoms with van der Waals surface area (Å²) < 4.78 is 0. The van der Waals surface area contributed by atoms with Crippen LogP contribution in [0.2, 0.25) is 0 Å². The molecule has 0 aliphatic heterocycles. The Labute approximate surface area is 356 Å². The average Bonchev–Trinajstić information content (AvgIpc) is 3.74. The molecule has 0 fully saturated rings. The Kier molecular flexibility index (Phi) is 8.35. The molecule has 0 unspecified atom stereocenters. The molecule has 0 atom stereocenters. The maximum atomic E-state index is 2.38. The van der Waals surface area contributed by atoms with Gasteiger partial charge in [-0.25, -0.2) is 0 Å². The highest BCUT2D eigenvalue weighted by Crippen LogP contribution is 2.46. The first kappa shape index (κ1) is 35.2. The van der Waals surface area contributed by atoms with Crippen molar-refractivity contribution in [2.75, 3.05) is 0 Å². The summed E-state index contributed by atoms with van der Waals surface area (Å²) in [5.74, 6) is 0. The van der Waals surface area contributed by atoms with E-state index < -0.39 is 0 Å². The summed E-state index contributed by atoms with van der Waals surface area (Å²) in [5.41, 5.74) is 20.5. The fourth-order valence-electron chi connectivity index (χ4n) is 9.94. The molecule has 0 saturated heterocycles. The fraction of sp³-hybridized carbons (Fsp3) is 0.0164. The molecule has 11 aromatic rings. The number of hydrogen-bond donors (Lipinski definition) is 0. The second-order valence-corrected chi connectivity index (χ2v) is 16.4. The highest BCUT2D eigenvalue weighted by molar-refractivity contribution is 6.25. The molecule has 1 aliphatic carbocycles. The van der Waals surface area contributed by atoms with E-state index in [0.717, 1.165) is 6.42 Å². The minimum atomic E-state index is 0.910. The first-order valence-electron chi connectivity index (χ1n) is 21.3. The Balaban J connectivity index is 0.837. The standard InChI is InChI=1S/C61H40/c1-2-12-40(13-3-1)41-26-28-42(29-27-41)46-15-9-17-49(37-46)51-23-11-25-57-56-24-10-22-50(60(56)39-61(51)57)44-32-30-43(31-33-44)45-14-8-16-47(36-45)48-34-35-58-54-20-5-4-18-52(54)53-19-6-7-21-55(53)59(58)38-48/h1-38H,39H2. The van der Waals surface area contributed by atoms with Gasteiger partial charge < -0.3 is 0 Å². The third-order valence-corrected chi connectivity index (χ3v) is 13.0. The van der Waals surface area contributed by atoms with E-state index in [9.17, 15) is 0 Å². The van der Waals surface area contributed by atoms with E-state index in [4.69, 9.17) is 0 Å². The second-order valence-electron chi connectivity index (χ2n) is 16.4. The predicted molar refractivity (Wildman–Crippen MR) is 260 cm³/mol. The molecular weight excluding hydrogens is 733 g/mol. The van der Waals surface area contributed by atoms with Crippen molar-refractivity contribution in [2.45, 2.75) is 6.42 Å². The van der Waals surface area contributed by atoms with Gasteiger partial charge in [0.1, 0.15) is 0 Å². The van der Waals surface area contributed by atoms with Gasteiger partial charge in [-0.15, -0.1) is 0 Å². The molecule has 0 spiro atoms. The molecule has 0 radical (unpaired) electrons. The zero-order valence-electron chi connectivity index (χ0n) is 33.6. The molecule has 11 aromatic carbocycles. The average molecular weight is 773 g/mol. The molecule has 0 N–H and O–H groups in total. The molecule has 0 saturated carbocycles. The molecule has 0 heterocycles. The van der Waals surface area contributed by atoms with E-state index in [0.29, 0.717) is 0 Å². The molecule has 0 aromatic heterocycles. The van der Waals surface area contributed by atoms with Crippen molar-refractivity contribution < 1.29 is 0 Å². The summed E-state index contributed by atoms with van der Waals surface area (Å²) in [5, 5.41) is 7.80. The third kappa shape index (κ3) is 6.07. The van der Waals surface area contributed by atoms with Crippen molar-refractivity contribution >= 4 is 32.3 Å². The molecule has 61 heavy (non-hydrogen) atoms. The highest BCUT2D eigenvalue weighted by Gasteiger charge is 2.24. The van der Waals surface area contributed by atoms with Crippen molar-refractivity contribution in [3.63, 3.8) is 0 Å². The summed E-state index contributed by atoms with van der Waals surface area (Å²) >= 11 is 0. The number of hydrogen-bond acceptors (Lipinski definition) is 0. The second kappa shape index (κ2) is 14.5. The normalized spacial score (nSPS) is 11.9. The summed E-state index contributed by atoms with van der Waals surface area (Å²) in [6.07, 6.45) is 0.910. The van der Waals surface area contributed by atoms with Crippen molar-refractivity contribution in [1.82, 2.24) is 0 Å². The first-order valence-corrected chi connectivity index (χ1v) is 21.3. The molecule has 0 amide bonds. The van der Waals surface area contributed by atoms with Crippen LogP contribution in [0.3, 0.4) is 0 Å². The Morgan fingerprint density at radius 3 is 1.08 bits per heavy atom. The summed E-state index contributed by atoms with van der Waals surface area (Å²) in [4.78, 5) is 0. The molecule has 0 heteroatoms. The molecule has 1 aliphatic rings. The van der Waals surface area contributed by atoms with Gasteiger partial charge in [0.15, 0.2) is 0 Å². The van der Waals surface area contributed by atoms with Crippen LogP contribution < -0.4 is 0 Å². The van der Waals surface area contributed by atoms with E-state index >= 15 is 0 Å². The minimum absolute atomic E-state index is 0.910. The number of benzene rings is 11. The van der Waals surface area contributed by atoms with E-state index in [2.05, 4.69) is 231 Å². The molecule has 284 valence electrons. The van der Waals surface area contributed by atoms with E-state index in [-0.39, 0.29) is 0 Å². The Hall–Kier alpha value is -7.80. The van der Waals surface area contributed by atoms with Gasteiger partial charge in [0.2, 0.25) is 0 Å². The fourth-order valence-corrected chi connectivity index (χ4v) is 9.94. The highest BCUT2D eigenvalue weighted by atomic mass is 14.3. The van der Waals surface area contributed by atoms with Crippen LogP contribution in [0.25, 0.3) is 110 Å². The van der Waals surface area contributed by atoms with Gasteiger partial charge in [-0.3, -0.25) is 0 Å². The monoisotopic (exact) mass is 772 g/mol. The minimum Gasteiger partial charge on any atom is -0.0622 e. The molecular formula is C61H40. The smallest absolute Gasteiger partial charge is 0.000112 e. The lowest BCUT2D eigenvalue weighted by Gasteiger charge is -2.13. The molecule has 0 nitrogen and oxygen atoms in total. The van der Waals surface area contributed by atoms with Crippen LogP contribution >= 0.6 is 0 Å². The molecule has 12 rings (SSSR count). The third-order valence-electron chi connectivity index (χ3n) is 13.0. The summed E-state index contributed by atoms with van der Waals surface area (Å²) in [6.45, 7) is 0. The number of fused-ring (bicyclic) bond motifs is 9. The zero-order chi connectivity index (χ0) is 40.3. The zero-order valence-corrected chi connectivity index (χ0v) is 33.6. The largest absolute Gasteiger partial charge is 0.0622 e. The summed E-state index contributed by atoms with van der Waals surface area (Å²) in [7, 11) is 0. The van der Waals surface area contributed by atoms with Gasteiger partial charge in [0, 0.05) is 0 Å². The maximum Gasteiger partial charge on any atom is -0.000112 e. The van der Waals surface area contributed by atoms with Gasteiger partial charge in [-0.05, 0) is 146 Å². The Morgan fingerprint density at radius 2 is 0.508 bits per heavy atom. The van der Waals surface area contributed by atoms with Crippen LogP contribution in [0.1, 0.15) is 11.1 Å². The van der Waals surface area contributed by atoms with Crippen molar-refractivity contribution in [2.24, 2.45) is 0 Å². The maximum absolute atomic E-state index is 2.38. The van der Waals surface area contributed by atoms with Crippen LogP contribution in [0.4, 0.5) is 0 Å². The van der Waals surface area contributed by atoms with Crippen molar-refractivity contribution in [1.29, 1.82) is 0 Å². The SMILES string of the molecule is c1ccc(-c2ccc(-c3cccc(-c4cccc5c4Cc4c(-c6ccc(-c7cccc(-c8ccc9c%10ccccc%10c%10ccccc%10c9c8)c7)cc6)cccc4-5)c3)cc2)cc1. The van der Waals surface area contributed by atoms with E-state index in [1.165, 1.54) is 121 Å². The van der Waals surface area contributed by atoms with Gasteiger partial charge in [-0.1, -0.05) is 212 Å². The van der Waals surface area contributed by atoms with Gasteiger partial charge in [0.25, 0.3) is 0 Å². The van der Waals surface area contributed by atoms with Crippen LogP contribution in [0, 0.1) is 0 Å². The van der Waals surface area contributed by atoms with Crippen LogP contribution in [-0.4, -0.2) is 0 Å². The van der Waals surface area contributed by atoms with Gasteiger partial charge in [0.05, 0.1) is 0 Å². The molecule has 0 bridgehead atoms. The van der Waals surface area contributed by atoms with Crippen LogP contribution in [0.15, 0.2) is 231 Å². The lowest BCUT2D eigenvalue weighted by molar-refractivity contribution is 1.26. The van der Waals surface area contributed by atoms with Crippen molar-refractivity contribution in [3.05, 3.63) is 242 Å². The van der Waals surface area contributed by atoms with E-state index in [1.807, 2.05) is 0 Å². The predicted octanol–water partition coefficient (Wildman–Crippen LogP) is 16.7. The van der Waals surface area contributed by atoms with Crippen LogP contribution in [-0.2, 0) is 6.42 Å². The summed E-state index contributed by atoms with van der Waals surface area (Å²) in [6, 6.07) is 85.0. The quantitative estimate of drug-likeness (QED) is 0.148. The Bertz CT molecular complexity index is 3430. The van der Waals surface area contributed by atoms with E-state index in [1.54, 1.807) is 0 Å². The lowest BCUT2D eigenvalue weighted by atomic mass is 9.91. The first-order chi connectivity index (χ1) is 30.2. The van der Waals surface area contributed by atoms with Gasteiger partial charge >= 0.3 is 0 Å².